The van der Waals surface area contributed by atoms with E-state index in [2.05, 4.69) is 11.0 Å². The summed E-state index contributed by atoms with van der Waals surface area (Å²) in [7, 11) is 3.42. The van der Waals surface area contributed by atoms with Gasteiger partial charge < -0.3 is 19.0 Å². The molecule has 1 N–H and O–H groups in total. The van der Waals surface area contributed by atoms with Gasteiger partial charge in [-0.15, -0.1) is 0 Å². The lowest BCUT2D eigenvalue weighted by Crippen LogP contribution is -2.25. The molecule has 2 rings (SSSR count). The molecule has 0 unspecified atom stereocenters. The first-order valence-corrected chi connectivity index (χ1v) is 9.71. The van der Waals surface area contributed by atoms with Crippen molar-refractivity contribution >= 4 is 0 Å². The van der Waals surface area contributed by atoms with Crippen molar-refractivity contribution in [3.8, 4) is 5.75 Å². The largest absolute Gasteiger partial charge is 0.496 e. The van der Waals surface area contributed by atoms with Crippen LogP contribution < -0.4 is 4.74 Å². The van der Waals surface area contributed by atoms with E-state index in [9.17, 15) is 5.11 Å². The van der Waals surface area contributed by atoms with Crippen LogP contribution >= 0.6 is 0 Å². The van der Waals surface area contributed by atoms with Crippen molar-refractivity contribution in [3.63, 3.8) is 0 Å². The lowest BCUT2D eigenvalue weighted by molar-refractivity contribution is 0.00515. The molecule has 0 amide bonds. The molecule has 0 bridgehead atoms. The van der Waals surface area contributed by atoms with E-state index in [0.29, 0.717) is 25.1 Å². The quantitative estimate of drug-likeness (QED) is 0.560. The average Bonchev–Trinajstić information content (AvgIpc) is 3.17. The third-order valence-electron chi connectivity index (χ3n) is 5.08. The van der Waals surface area contributed by atoms with Gasteiger partial charge in [0.15, 0.2) is 0 Å². The first kappa shape index (κ1) is 21.5. The van der Waals surface area contributed by atoms with Crippen LogP contribution in [0.1, 0.15) is 50.2 Å². The molecule has 0 aliphatic heterocycles. The van der Waals surface area contributed by atoms with Crippen LogP contribution in [-0.4, -0.2) is 37.4 Å². The van der Waals surface area contributed by atoms with Crippen LogP contribution in [0.4, 0.5) is 0 Å². The highest BCUT2D eigenvalue weighted by Gasteiger charge is 2.28. The highest BCUT2D eigenvalue weighted by atomic mass is 16.5. The fraction of sp³-hybridized carbons (Fsp3) is 0.545. The summed E-state index contributed by atoms with van der Waals surface area (Å²) in [6.07, 6.45) is 2.21. The molecule has 2 aromatic rings. The van der Waals surface area contributed by atoms with Crippen LogP contribution in [-0.2, 0) is 23.4 Å². The van der Waals surface area contributed by atoms with E-state index in [1.165, 1.54) is 0 Å². The second-order valence-electron chi connectivity index (χ2n) is 6.87. The minimum atomic E-state index is -0.887. The summed E-state index contributed by atoms with van der Waals surface area (Å²) >= 11 is 0. The molecule has 0 aliphatic rings. The Morgan fingerprint density at radius 1 is 1.04 bits per heavy atom. The summed E-state index contributed by atoms with van der Waals surface area (Å²) in [6.45, 7) is 6.99. The molecule has 1 aromatic heterocycles. The van der Waals surface area contributed by atoms with Crippen molar-refractivity contribution in [1.29, 1.82) is 0 Å². The van der Waals surface area contributed by atoms with E-state index >= 15 is 0 Å². The number of rotatable bonds is 12. The molecule has 0 spiro atoms. The van der Waals surface area contributed by atoms with Crippen LogP contribution in [0.3, 0.4) is 0 Å². The van der Waals surface area contributed by atoms with Crippen LogP contribution in [0.2, 0.25) is 0 Å². The van der Waals surface area contributed by atoms with Gasteiger partial charge in [0.1, 0.15) is 22.9 Å². The van der Waals surface area contributed by atoms with Gasteiger partial charge in [-0.2, -0.15) is 0 Å². The van der Waals surface area contributed by atoms with Gasteiger partial charge in [0.25, 0.3) is 0 Å². The summed E-state index contributed by atoms with van der Waals surface area (Å²) < 4.78 is 16.7. The Balaban J connectivity index is 2.13. The number of aliphatic hydroxyl groups is 1. The van der Waals surface area contributed by atoms with Gasteiger partial charge in [-0.3, -0.25) is 4.90 Å². The zero-order valence-corrected chi connectivity index (χ0v) is 17.0. The van der Waals surface area contributed by atoms with Crippen LogP contribution in [0.5, 0.6) is 5.75 Å². The zero-order valence-electron chi connectivity index (χ0n) is 17.0. The molecule has 0 radical (unpaired) electrons. The predicted molar refractivity (Wildman–Crippen MR) is 107 cm³/mol. The van der Waals surface area contributed by atoms with Gasteiger partial charge in [-0.05, 0) is 37.5 Å². The highest BCUT2D eigenvalue weighted by molar-refractivity contribution is 5.33. The molecule has 0 atom stereocenters. The number of hydrogen-bond acceptors (Lipinski definition) is 5. The van der Waals surface area contributed by atoms with E-state index in [1.807, 2.05) is 44.2 Å². The highest BCUT2D eigenvalue weighted by Crippen LogP contribution is 2.30. The Morgan fingerprint density at radius 3 is 2.44 bits per heavy atom. The van der Waals surface area contributed by atoms with Crippen molar-refractivity contribution in [2.24, 2.45) is 0 Å². The van der Waals surface area contributed by atoms with Gasteiger partial charge in [-0.1, -0.05) is 32.0 Å². The summed E-state index contributed by atoms with van der Waals surface area (Å²) in [5.74, 6) is 2.40. The Bertz CT molecular complexity index is 678. The van der Waals surface area contributed by atoms with E-state index in [0.717, 1.165) is 43.2 Å². The first-order chi connectivity index (χ1) is 13.1. The molecule has 0 saturated carbocycles. The zero-order chi connectivity index (χ0) is 19.7. The predicted octanol–water partition coefficient (Wildman–Crippen LogP) is 4.33. The smallest absolute Gasteiger partial charge is 0.135 e. The minimum absolute atomic E-state index is 0.634. The molecule has 27 heavy (non-hydrogen) atoms. The lowest BCUT2D eigenvalue weighted by atomic mass is 9.95. The van der Waals surface area contributed by atoms with E-state index in [-0.39, 0.29) is 0 Å². The van der Waals surface area contributed by atoms with Gasteiger partial charge in [0, 0.05) is 32.4 Å². The van der Waals surface area contributed by atoms with Crippen molar-refractivity contribution < 1.29 is 19.0 Å². The van der Waals surface area contributed by atoms with Crippen molar-refractivity contribution in [3.05, 3.63) is 53.5 Å². The Morgan fingerprint density at radius 2 is 1.78 bits per heavy atom. The second-order valence-corrected chi connectivity index (χ2v) is 6.87. The Hall–Kier alpha value is -1.82. The Labute approximate surface area is 162 Å². The SMILES string of the molecule is CCC(O)(CC)c1ccc(CN(CCCOC)Cc2ccccc2OC)o1. The third kappa shape index (κ3) is 5.83. The van der Waals surface area contributed by atoms with Gasteiger partial charge in [0.2, 0.25) is 0 Å². The Kier molecular flexibility index (Phi) is 8.35. The molecule has 0 aliphatic carbocycles. The summed E-state index contributed by atoms with van der Waals surface area (Å²) in [5, 5.41) is 10.7. The minimum Gasteiger partial charge on any atom is -0.496 e. The summed E-state index contributed by atoms with van der Waals surface area (Å²) in [4.78, 5) is 2.32. The van der Waals surface area contributed by atoms with Gasteiger partial charge >= 0.3 is 0 Å². The molecule has 0 saturated heterocycles. The van der Waals surface area contributed by atoms with Gasteiger partial charge in [0.05, 0.1) is 13.7 Å². The fourth-order valence-corrected chi connectivity index (χ4v) is 3.25. The van der Waals surface area contributed by atoms with Crippen molar-refractivity contribution in [1.82, 2.24) is 4.90 Å². The van der Waals surface area contributed by atoms with E-state index in [1.54, 1.807) is 14.2 Å². The normalized spacial score (nSPS) is 11.9. The van der Waals surface area contributed by atoms with Crippen LogP contribution in [0.15, 0.2) is 40.8 Å². The number of ether oxygens (including phenoxy) is 2. The van der Waals surface area contributed by atoms with Crippen molar-refractivity contribution in [2.75, 3.05) is 27.4 Å². The maximum absolute atomic E-state index is 10.7. The fourth-order valence-electron chi connectivity index (χ4n) is 3.25. The second kappa shape index (κ2) is 10.5. The number of benzene rings is 1. The standard InChI is InChI=1S/C22H33NO4/c1-5-22(24,6-2)21-13-12-19(27-21)17-23(14-9-15-25-3)16-18-10-7-8-11-20(18)26-4/h7-8,10-13,24H,5-6,9,14-17H2,1-4H3. The number of methoxy groups -OCH3 is 2. The summed E-state index contributed by atoms with van der Waals surface area (Å²) in [5.41, 5.74) is 0.254. The summed E-state index contributed by atoms with van der Waals surface area (Å²) in [6, 6.07) is 11.9. The first-order valence-electron chi connectivity index (χ1n) is 9.71. The average molecular weight is 376 g/mol. The number of nitrogens with zero attached hydrogens (tertiary/aromatic N) is 1. The lowest BCUT2D eigenvalue weighted by Gasteiger charge is -2.24. The molecule has 5 nitrogen and oxygen atoms in total. The molecule has 1 aromatic carbocycles. The maximum atomic E-state index is 10.7. The number of para-hydroxylation sites is 1. The third-order valence-corrected chi connectivity index (χ3v) is 5.08. The van der Waals surface area contributed by atoms with E-state index in [4.69, 9.17) is 13.9 Å². The maximum Gasteiger partial charge on any atom is 0.135 e. The van der Waals surface area contributed by atoms with Gasteiger partial charge in [-0.25, -0.2) is 0 Å². The van der Waals surface area contributed by atoms with Crippen LogP contribution in [0.25, 0.3) is 0 Å². The molecular weight excluding hydrogens is 342 g/mol. The van der Waals surface area contributed by atoms with Crippen LogP contribution in [0, 0.1) is 0 Å². The molecule has 1 heterocycles. The van der Waals surface area contributed by atoms with E-state index < -0.39 is 5.60 Å². The van der Waals surface area contributed by atoms with Crippen molar-refractivity contribution in [2.45, 2.75) is 51.8 Å². The number of furan rings is 1. The molecular formula is C22H33NO4. The topological polar surface area (TPSA) is 55.1 Å². The number of hydrogen-bond donors (Lipinski definition) is 1. The molecule has 5 heteroatoms. The molecule has 150 valence electrons. The molecule has 0 fully saturated rings. The monoisotopic (exact) mass is 375 g/mol.